The summed E-state index contributed by atoms with van der Waals surface area (Å²) in [5, 5.41) is 0. The molecule has 2 fully saturated rings. The molecule has 2 aliphatic heterocycles. The molecule has 0 unspecified atom stereocenters. The summed E-state index contributed by atoms with van der Waals surface area (Å²) in [5.41, 5.74) is 6.34. The van der Waals surface area contributed by atoms with Crippen LogP contribution in [0.25, 0.3) is 22.3 Å². The number of rotatable bonds is 14. The van der Waals surface area contributed by atoms with Crippen LogP contribution in [0.1, 0.15) is 49.7 Å². The molecule has 11 heteroatoms. The van der Waals surface area contributed by atoms with Crippen molar-refractivity contribution in [2.75, 3.05) is 40.6 Å². The minimum Gasteiger partial charge on any atom is -0.493 e. The normalized spacial score (nSPS) is 17.6. The Morgan fingerprint density at radius 2 is 1.09 bits per heavy atom. The van der Waals surface area contributed by atoms with Crippen LogP contribution in [-0.2, 0) is 13.9 Å². The minimum absolute atomic E-state index is 0.176. The molecule has 2 atom stereocenters. The molecule has 6 rings (SSSR count). The van der Waals surface area contributed by atoms with Crippen molar-refractivity contribution in [1.29, 1.82) is 0 Å². The van der Waals surface area contributed by atoms with Crippen LogP contribution in [-0.4, -0.2) is 64.9 Å². The SMILES string of the molecule is CCCOc1cc(-c2cncc([C@@H]3COB(OB4C[C@H](c5cncc(-c6ccc(OC)c(OCCC)c6)c5)CO4)C3)c2)ccc1OC. The molecule has 0 spiro atoms. The largest absolute Gasteiger partial charge is 0.493 e. The summed E-state index contributed by atoms with van der Waals surface area (Å²) in [6.45, 7) is 6.57. The van der Waals surface area contributed by atoms with Gasteiger partial charge >= 0.3 is 14.2 Å². The molecular formula is C36H42B2N2O7. The van der Waals surface area contributed by atoms with Gasteiger partial charge in [0.05, 0.1) is 27.4 Å². The van der Waals surface area contributed by atoms with Crippen molar-refractivity contribution in [2.45, 2.75) is 51.2 Å². The molecule has 0 amide bonds. The molecule has 0 N–H and O–H groups in total. The third-order valence-corrected chi connectivity index (χ3v) is 8.60. The molecule has 0 radical (unpaired) electrons. The Kier molecular flexibility index (Phi) is 11.0. The van der Waals surface area contributed by atoms with Crippen LogP contribution in [0.3, 0.4) is 0 Å². The lowest BCUT2D eigenvalue weighted by atomic mass is 9.72. The topological polar surface area (TPSA) is 90.4 Å². The van der Waals surface area contributed by atoms with Crippen LogP contribution in [0.4, 0.5) is 0 Å². The zero-order valence-electron chi connectivity index (χ0n) is 27.6. The maximum absolute atomic E-state index is 6.32. The van der Waals surface area contributed by atoms with Gasteiger partial charge in [0.1, 0.15) is 0 Å². The average molecular weight is 636 g/mol. The molecule has 244 valence electrons. The van der Waals surface area contributed by atoms with Crippen molar-refractivity contribution in [3.8, 4) is 45.3 Å². The number of hydrogen-bond acceptors (Lipinski definition) is 9. The highest BCUT2D eigenvalue weighted by molar-refractivity contribution is 6.60. The summed E-state index contributed by atoms with van der Waals surface area (Å²) < 4.78 is 41.3. The molecule has 47 heavy (non-hydrogen) atoms. The van der Waals surface area contributed by atoms with Crippen LogP contribution in [0, 0.1) is 0 Å². The zero-order valence-corrected chi connectivity index (χ0v) is 27.6. The van der Waals surface area contributed by atoms with Gasteiger partial charge in [0.2, 0.25) is 0 Å². The second-order valence-corrected chi connectivity index (χ2v) is 12.0. The molecule has 9 nitrogen and oxygen atoms in total. The zero-order chi connectivity index (χ0) is 32.6. The third-order valence-electron chi connectivity index (χ3n) is 8.60. The van der Waals surface area contributed by atoms with E-state index in [-0.39, 0.29) is 26.1 Å². The Morgan fingerprint density at radius 3 is 1.51 bits per heavy atom. The molecule has 2 aromatic heterocycles. The molecule has 2 saturated heterocycles. The Bertz CT molecular complexity index is 1520. The Hall–Kier alpha value is -4.05. The predicted octanol–water partition coefficient (Wildman–Crippen LogP) is 7.33. The van der Waals surface area contributed by atoms with Gasteiger partial charge in [-0.2, -0.15) is 0 Å². The molecule has 0 aliphatic carbocycles. The fourth-order valence-electron chi connectivity index (χ4n) is 6.05. The Labute approximate surface area is 278 Å². The van der Waals surface area contributed by atoms with Gasteiger partial charge in [-0.25, -0.2) is 0 Å². The quantitative estimate of drug-likeness (QED) is 0.132. The maximum atomic E-state index is 6.32. The van der Waals surface area contributed by atoms with Gasteiger partial charge in [-0.15, -0.1) is 0 Å². The van der Waals surface area contributed by atoms with Crippen LogP contribution in [0.5, 0.6) is 23.0 Å². The summed E-state index contributed by atoms with van der Waals surface area (Å²) in [7, 11) is 2.63. The number of methoxy groups -OCH3 is 2. The highest BCUT2D eigenvalue weighted by Crippen LogP contribution is 2.38. The van der Waals surface area contributed by atoms with E-state index in [1.54, 1.807) is 14.2 Å². The van der Waals surface area contributed by atoms with E-state index in [0.717, 1.165) is 81.9 Å². The van der Waals surface area contributed by atoms with Crippen molar-refractivity contribution < 1.29 is 32.8 Å². The van der Waals surface area contributed by atoms with Gasteiger partial charge in [0, 0.05) is 61.0 Å². The number of pyridine rings is 2. The highest BCUT2D eigenvalue weighted by atomic mass is 16.6. The third kappa shape index (κ3) is 7.92. The Balaban J connectivity index is 1.06. The van der Waals surface area contributed by atoms with E-state index in [4.69, 9.17) is 32.8 Å². The van der Waals surface area contributed by atoms with Crippen LogP contribution >= 0.6 is 0 Å². The van der Waals surface area contributed by atoms with Crippen molar-refractivity contribution in [3.63, 3.8) is 0 Å². The minimum atomic E-state index is -0.340. The molecule has 2 aromatic carbocycles. The van der Waals surface area contributed by atoms with Crippen molar-refractivity contribution in [1.82, 2.24) is 9.97 Å². The van der Waals surface area contributed by atoms with Gasteiger partial charge in [0.15, 0.2) is 23.0 Å². The molecule has 0 bridgehead atoms. The smallest absolute Gasteiger partial charge is 0.443 e. The van der Waals surface area contributed by atoms with E-state index < -0.39 is 0 Å². The lowest BCUT2D eigenvalue weighted by Gasteiger charge is -2.14. The van der Waals surface area contributed by atoms with E-state index in [9.17, 15) is 0 Å². The van der Waals surface area contributed by atoms with E-state index in [1.165, 1.54) is 0 Å². The number of aromatic nitrogens is 2. The first-order chi connectivity index (χ1) is 23.1. The van der Waals surface area contributed by atoms with Gasteiger partial charge < -0.3 is 32.8 Å². The lowest BCUT2D eigenvalue weighted by Crippen LogP contribution is -2.28. The second-order valence-electron chi connectivity index (χ2n) is 12.0. The first-order valence-electron chi connectivity index (χ1n) is 16.5. The fraction of sp³-hybridized carbons (Fsp3) is 0.389. The summed E-state index contributed by atoms with van der Waals surface area (Å²) in [6, 6.07) is 16.3. The summed E-state index contributed by atoms with van der Waals surface area (Å²) >= 11 is 0. The monoisotopic (exact) mass is 636 g/mol. The lowest BCUT2D eigenvalue weighted by molar-refractivity contribution is 0.256. The number of nitrogens with zero attached hydrogens (tertiary/aromatic N) is 2. The van der Waals surface area contributed by atoms with Crippen molar-refractivity contribution in [3.05, 3.63) is 84.4 Å². The molecule has 4 aromatic rings. The summed E-state index contributed by atoms with van der Waals surface area (Å²) in [6.07, 6.45) is 10.9. The highest BCUT2D eigenvalue weighted by Gasteiger charge is 2.40. The predicted molar refractivity (Wildman–Crippen MR) is 184 cm³/mol. The maximum Gasteiger partial charge on any atom is 0.443 e. The summed E-state index contributed by atoms with van der Waals surface area (Å²) in [4.78, 5) is 9.11. The van der Waals surface area contributed by atoms with Gasteiger partial charge in [-0.3, -0.25) is 9.97 Å². The van der Waals surface area contributed by atoms with E-state index in [0.29, 0.717) is 26.4 Å². The van der Waals surface area contributed by atoms with Gasteiger partial charge in [-0.05, 0) is 84.1 Å². The summed E-state index contributed by atoms with van der Waals surface area (Å²) in [5.74, 6) is 3.27. The van der Waals surface area contributed by atoms with Gasteiger partial charge in [0.25, 0.3) is 0 Å². The number of ether oxygens (including phenoxy) is 4. The number of benzene rings is 2. The van der Waals surface area contributed by atoms with Crippen molar-refractivity contribution >= 4 is 14.2 Å². The first kappa shape index (κ1) is 32.9. The number of hydrogen-bond donors (Lipinski definition) is 0. The second kappa shape index (κ2) is 15.7. The molecule has 0 saturated carbocycles. The van der Waals surface area contributed by atoms with E-state index in [2.05, 4.69) is 35.9 Å². The molecular weight excluding hydrogens is 594 g/mol. The van der Waals surface area contributed by atoms with Crippen LogP contribution < -0.4 is 18.9 Å². The Morgan fingerprint density at radius 1 is 0.617 bits per heavy atom. The average Bonchev–Trinajstić information content (AvgIpc) is 3.80. The van der Waals surface area contributed by atoms with Crippen LogP contribution in [0.15, 0.2) is 73.3 Å². The van der Waals surface area contributed by atoms with E-state index >= 15 is 0 Å². The first-order valence-corrected chi connectivity index (χ1v) is 16.5. The fourth-order valence-corrected chi connectivity index (χ4v) is 6.05. The molecule has 4 heterocycles. The van der Waals surface area contributed by atoms with Gasteiger partial charge in [-0.1, -0.05) is 26.0 Å². The standard InChI is InChI=1S/C36H42B2N2O7/c1-5-11-43-35-15-25(7-9-33(35)41-3)27-13-29(21-39-19-27)31-17-37(45-23-31)47-38-18-32(24-46-38)30-14-28(20-40-22-30)26-8-10-34(42-4)36(16-26)44-12-6-2/h7-10,13-16,19-22,31-32H,5-6,11-12,17-18,23-24H2,1-4H3/t31-,32-/m0/s1. The molecule has 2 aliphatic rings. The van der Waals surface area contributed by atoms with E-state index in [1.807, 2.05) is 61.2 Å². The van der Waals surface area contributed by atoms with Crippen molar-refractivity contribution in [2.24, 2.45) is 0 Å². The van der Waals surface area contributed by atoms with Crippen LogP contribution in [0.2, 0.25) is 12.6 Å².